The highest BCUT2D eigenvalue weighted by atomic mass is 16.5. The Bertz CT molecular complexity index is 1020. The van der Waals surface area contributed by atoms with Crippen molar-refractivity contribution < 1.29 is 9.53 Å². The molecule has 4 rings (SSSR count). The van der Waals surface area contributed by atoms with Crippen LogP contribution in [0.1, 0.15) is 154 Å². The Morgan fingerprint density at radius 2 is 1.21 bits per heavy atom. The number of esters is 1. The van der Waals surface area contributed by atoms with E-state index >= 15 is 0 Å². The highest BCUT2D eigenvalue weighted by molar-refractivity contribution is 5.75. The molecule has 2 aliphatic carbocycles. The van der Waals surface area contributed by atoms with E-state index in [1.165, 1.54) is 128 Å². The molecular weight excluding hydrogens is 528 g/mol. The van der Waals surface area contributed by atoms with E-state index in [4.69, 9.17) is 4.74 Å². The van der Waals surface area contributed by atoms with Crippen LogP contribution in [0, 0.1) is 23.7 Å². The second-order valence-corrected chi connectivity index (χ2v) is 13.8. The predicted molar refractivity (Wildman–Crippen MR) is 179 cm³/mol. The molecular formula is C39H60N2O2. The van der Waals surface area contributed by atoms with E-state index in [-0.39, 0.29) is 11.9 Å². The molecule has 4 heteroatoms. The molecule has 0 atom stereocenters. The van der Waals surface area contributed by atoms with E-state index in [9.17, 15) is 4.79 Å². The maximum Gasteiger partial charge on any atom is 0.314 e. The van der Waals surface area contributed by atoms with Gasteiger partial charge < -0.3 is 4.74 Å². The molecule has 2 saturated carbocycles. The van der Waals surface area contributed by atoms with Crippen LogP contribution >= 0.6 is 0 Å². The smallest absolute Gasteiger partial charge is 0.314 e. The van der Waals surface area contributed by atoms with E-state index in [0.717, 1.165) is 48.4 Å². The van der Waals surface area contributed by atoms with Crippen molar-refractivity contribution in [2.24, 2.45) is 23.7 Å². The summed E-state index contributed by atoms with van der Waals surface area (Å²) in [5.41, 5.74) is 2.15. The summed E-state index contributed by atoms with van der Waals surface area (Å²) in [6.45, 7) is 4.54. The Morgan fingerprint density at radius 1 is 0.674 bits per heavy atom. The van der Waals surface area contributed by atoms with Crippen molar-refractivity contribution in [3.8, 4) is 17.1 Å². The molecule has 2 aliphatic rings. The van der Waals surface area contributed by atoms with Crippen LogP contribution in [0.25, 0.3) is 11.4 Å². The van der Waals surface area contributed by atoms with Crippen LogP contribution in [0.5, 0.6) is 5.75 Å². The molecule has 0 unspecified atom stereocenters. The summed E-state index contributed by atoms with van der Waals surface area (Å²) in [5.74, 6) is 4.01. The van der Waals surface area contributed by atoms with E-state index in [1.807, 2.05) is 36.7 Å². The number of hydrogen-bond donors (Lipinski definition) is 0. The zero-order chi connectivity index (χ0) is 30.1. The van der Waals surface area contributed by atoms with Crippen LogP contribution in [0.2, 0.25) is 0 Å². The molecule has 0 radical (unpaired) electrons. The highest BCUT2D eigenvalue weighted by Crippen LogP contribution is 2.42. The fourth-order valence-electron chi connectivity index (χ4n) is 7.60. The number of ether oxygens (including phenoxy) is 1. The number of aromatic nitrogens is 2. The topological polar surface area (TPSA) is 52.1 Å². The van der Waals surface area contributed by atoms with Crippen molar-refractivity contribution in [3.05, 3.63) is 42.2 Å². The zero-order valence-corrected chi connectivity index (χ0v) is 27.5. The fourth-order valence-corrected chi connectivity index (χ4v) is 7.60. The van der Waals surface area contributed by atoms with Crippen molar-refractivity contribution in [2.75, 3.05) is 0 Å². The molecule has 238 valence electrons. The van der Waals surface area contributed by atoms with Gasteiger partial charge in [0.05, 0.1) is 5.92 Å². The number of carbonyl (C=O) groups is 1. The third kappa shape index (κ3) is 11.7. The first-order valence-corrected chi connectivity index (χ1v) is 18.3. The Kier molecular flexibility index (Phi) is 15.0. The summed E-state index contributed by atoms with van der Waals surface area (Å²) in [6.07, 6.45) is 32.8. The predicted octanol–water partition coefficient (Wildman–Crippen LogP) is 11.3. The van der Waals surface area contributed by atoms with Gasteiger partial charge in [-0.25, -0.2) is 9.97 Å². The number of carbonyl (C=O) groups excluding carboxylic acids is 1. The highest BCUT2D eigenvalue weighted by Gasteiger charge is 2.33. The van der Waals surface area contributed by atoms with Gasteiger partial charge in [-0.1, -0.05) is 104 Å². The van der Waals surface area contributed by atoms with E-state index in [0.29, 0.717) is 5.75 Å². The molecule has 2 fully saturated rings. The van der Waals surface area contributed by atoms with E-state index in [2.05, 4.69) is 23.8 Å². The standard InChI is InChI=1S/C39H60N2O2/c1-3-5-7-9-10-12-13-15-31-17-19-33(20-18-31)34-21-23-36(24-22-34)39(42)43-37-27-25-35(26-28-37)38-40-29-32(30-41-38)16-14-11-8-6-4-2/h25-31,33-34,36H,3-24H2,1-2H3/t31-,33-,34-,36-. The summed E-state index contributed by atoms with van der Waals surface area (Å²) in [7, 11) is 0. The molecule has 0 aliphatic heterocycles. The maximum atomic E-state index is 13.0. The van der Waals surface area contributed by atoms with Crippen molar-refractivity contribution >= 4 is 5.97 Å². The Balaban J connectivity index is 1.11. The summed E-state index contributed by atoms with van der Waals surface area (Å²) in [5, 5.41) is 0. The van der Waals surface area contributed by atoms with Gasteiger partial charge in [-0.05, 0) is 98.9 Å². The third-order valence-corrected chi connectivity index (χ3v) is 10.5. The molecule has 43 heavy (non-hydrogen) atoms. The van der Waals surface area contributed by atoms with Gasteiger partial charge in [0, 0.05) is 18.0 Å². The van der Waals surface area contributed by atoms with Gasteiger partial charge in [-0.3, -0.25) is 4.79 Å². The third-order valence-electron chi connectivity index (χ3n) is 10.5. The first-order chi connectivity index (χ1) is 21.2. The monoisotopic (exact) mass is 588 g/mol. The SMILES string of the molecule is CCCCCCCCC[C@H]1CC[C@H]([C@H]2CC[C@H](C(=O)Oc3ccc(-c4ncc(CCCCCCC)cn4)cc3)CC2)CC1. The van der Waals surface area contributed by atoms with Crippen LogP contribution in [-0.2, 0) is 11.2 Å². The normalized spacial score (nSPS) is 22.4. The lowest BCUT2D eigenvalue weighted by Gasteiger charge is -2.37. The maximum absolute atomic E-state index is 13.0. The molecule has 4 nitrogen and oxygen atoms in total. The van der Waals surface area contributed by atoms with Gasteiger partial charge in [0.25, 0.3) is 0 Å². The lowest BCUT2D eigenvalue weighted by Crippen LogP contribution is -2.30. The second-order valence-electron chi connectivity index (χ2n) is 13.8. The number of rotatable bonds is 18. The van der Waals surface area contributed by atoms with Crippen LogP contribution in [0.3, 0.4) is 0 Å². The van der Waals surface area contributed by atoms with Crippen molar-refractivity contribution in [1.82, 2.24) is 9.97 Å². The van der Waals surface area contributed by atoms with Gasteiger partial charge in [0.15, 0.2) is 5.82 Å². The minimum absolute atomic E-state index is 0.0439. The average molecular weight is 589 g/mol. The summed E-state index contributed by atoms with van der Waals surface area (Å²) in [4.78, 5) is 22.2. The van der Waals surface area contributed by atoms with Gasteiger partial charge in [0.1, 0.15) is 5.75 Å². The van der Waals surface area contributed by atoms with E-state index < -0.39 is 0 Å². The first kappa shape index (κ1) is 33.7. The minimum atomic E-state index is -0.0517. The van der Waals surface area contributed by atoms with Crippen LogP contribution in [-0.4, -0.2) is 15.9 Å². The second kappa shape index (κ2) is 19.2. The largest absolute Gasteiger partial charge is 0.426 e. The average Bonchev–Trinajstić information content (AvgIpc) is 3.05. The molecule has 1 heterocycles. The zero-order valence-electron chi connectivity index (χ0n) is 27.5. The van der Waals surface area contributed by atoms with E-state index in [1.54, 1.807) is 0 Å². The molecule has 0 saturated heterocycles. The number of hydrogen-bond acceptors (Lipinski definition) is 4. The molecule has 0 N–H and O–H groups in total. The van der Waals surface area contributed by atoms with Crippen LogP contribution in [0.4, 0.5) is 0 Å². The number of benzene rings is 1. The van der Waals surface area contributed by atoms with Gasteiger partial charge in [0.2, 0.25) is 0 Å². The lowest BCUT2D eigenvalue weighted by molar-refractivity contribution is -0.140. The molecule has 0 bridgehead atoms. The van der Waals surface area contributed by atoms with Crippen LogP contribution < -0.4 is 4.74 Å². The lowest BCUT2D eigenvalue weighted by atomic mass is 9.68. The molecule has 0 spiro atoms. The fraction of sp³-hybridized carbons (Fsp3) is 0.718. The Hall–Kier alpha value is -2.23. The first-order valence-electron chi connectivity index (χ1n) is 18.3. The molecule has 2 aromatic rings. The van der Waals surface area contributed by atoms with Crippen molar-refractivity contribution in [2.45, 2.75) is 155 Å². The van der Waals surface area contributed by atoms with Crippen molar-refractivity contribution in [3.63, 3.8) is 0 Å². The molecule has 0 amide bonds. The minimum Gasteiger partial charge on any atom is -0.426 e. The summed E-state index contributed by atoms with van der Waals surface area (Å²) < 4.78 is 5.83. The number of aryl methyl sites for hydroxylation is 1. The molecule has 1 aromatic carbocycles. The summed E-state index contributed by atoms with van der Waals surface area (Å²) >= 11 is 0. The van der Waals surface area contributed by atoms with Crippen LogP contribution in [0.15, 0.2) is 36.7 Å². The van der Waals surface area contributed by atoms with Gasteiger partial charge >= 0.3 is 5.97 Å². The van der Waals surface area contributed by atoms with Gasteiger partial charge in [-0.2, -0.15) is 0 Å². The number of unbranched alkanes of at least 4 members (excludes halogenated alkanes) is 10. The Labute approximate surface area is 263 Å². The number of nitrogens with zero attached hydrogens (tertiary/aromatic N) is 2. The van der Waals surface area contributed by atoms with Gasteiger partial charge in [-0.15, -0.1) is 0 Å². The Morgan fingerprint density at radius 3 is 1.81 bits per heavy atom. The summed E-state index contributed by atoms with van der Waals surface area (Å²) in [6, 6.07) is 7.69. The quantitative estimate of drug-likeness (QED) is 0.0987. The molecule has 1 aromatic heterocycles. The van der Waals surface area contributed by atoms with Crippen molar-refractivity contribution in [1.29, 1.82) is 0 Å².